The lowest BCUT2D eigenvalue weighted by molar-refractivity contribution is 0.418. The zero-order valence-corrected chi connectivity index (χ0v) is 10.4. The molecule has 0 heterocycles. The fourth-order valence-electron chi connectivity index (χ4n) is 1.70. The third-order valence-electron chi connectivity index (χ3n) is 2.59. The summed E-state index contributed by atoms with van der Waals surface area (Å²) in [4.78, 5) is 0. The highest BCUT2D eigenvalue weighted by atomic mass is 31.1. The van der Waals surface area contributed by atoms with Crippen LogP contribution in [-0.2, 0) is 0 Å². The van der Waals surface area contributed by atoms with Gasteiger partial charge in [0.2, 0.25) is 0 Å². The number of methoxy groups -OCH3 is 1. The summed E-state index contributed by atoms with van der Waals surface area (Å²) in [7, 11) is 1.41. The van der Waals surface area contributed by atoms with Crippen LogP contribution in [0.4, 0.5) is 0 Å². The summed E-state index contributed by atoms with van der Waals surface area (Å²) < 4.78 is 5.40. The van der Waals surface area contributed by atoms with E-state index in [1.807, 2.05) is 12.1 Å². The van der Waals surface area contributed by atoms with Crippen LogP contribution < -0.4 is 15.3 Å². The van der Waals surface area contributed by atoms with Crippen LogP contribution in [0.15, 0.2) is 54.6 Å². The highest BCUT2D eigenvalue weighted by Gasteiger charge is 2.11. The molecule has 0 saturated heterocycles. The first-order valence-electron chi connectivity index (χ1n) is 5.24. The van der Waals surface area contributed by atoms with Gasteiger partial charge in [0.15, 0.2) is 0 Å². The topological polar surface area (TPSA) is 9.23 Å². The summed E-state index contributed by atoms with van der Waals surface area (Å²) in [6.45, 7) is 2.27. The quantitative estimate of drug-likeness (QED) is 0.737. The number of hydrogen-bond donors (Lipinski definition) is 0. The lowest BCUT2D eigenvalue weighted by Crippen LogP contribution is -2.12. The van der Waals surface area contributed by atoms with Gasteiger partial charge in [-0.15, -0.1) is 0 Å². The molecule has 0 radical (unpaired) electrons. The SMILES string of the molecule is COc1ccccc1[P@@](C)c1ccccc1. The maximum absolute atomic E-state index is 5.40. The van der Waals surface area contributed by atoms with Crippen molar-refractivity contribution in [2.24, 2.45) is 0 Å². The molecule has 2 aromatic carbocycles. The molecule has 0 aliphatic carbocycles. The van der Waals surface area contributed by atoms with Crippen molar-refractivity contribution in [1.82, 2.24) is 0 Å². The first-order chi connectivity index (χ1) is 7.83. The monoisotopic (exact) mass is 230 g/mol. The van der Waals surface area contributed by atoms with Crippen LogP contribution in [0, 0.1) is 0 Å². The van der Waals surface area contributed by atoms with Gasteiger partial charge in [-0.05, 0) is 26.0 Å². The van der Waals surface area contributed by atoms with Crippen molar-refractivity contribution in [2.45, 2.75) is 0 Å². The number of rotatable bonds is 3. The summed E-state index contributed by atoms with van der Waals surface area (Å²) in [6.07, 6.45) is 0. The third kappa shape index (κ3) is 2.25. The third-order valence-corrected chi connectivity index (χ3v) is 4.75. The van der Waals surface area contributed by atoms with Crippen molar-refractivity contribution in [3.63, 3.8) is 0 Å². The molecule has 0 fully saturated rings. The zero-order valence-electron chi connectivity index (χ0n) is 9.55. The Balaban J connectivity index is 2.37. The van der Waals surface area contributed by atoms with Gasteiger partial charge in [0, 0.05) is 5.30 Å². The minimum Gasteiger partial charge on any atom is -0.496 e. The minimum absolute atomic E-state index is 0.322. The Bertz CT molecular complexity index is 453. The number of benzene rings is 2. The number of hydrogen-bond acceptors (Lipinski definition) is 1. The molecule has 16 heavy (non-hydrogen) atoms. The minimum atomic E-state index is -0.322. The van der Waals surface area contributed by atoms with Gasteiger partial charge in [-0.1, -0.05) is 48.5 Å². The van der Waals surface area contributed by atoms with Crippen molar-refractivity contribution < 1.29 is 4.74 Å². The van der Waals surface area contributed by atoms with Gasteiger partial charge in [0.1, 0.15) is 5.75 Å². The standard InChI is InChI=1S/C14H15OP/c1-15-13-10-6-7-11-14(13)16(2)12-8-4-3-5-9-12/h3-11H,1-2H3/t16-/m0/s1. The smallest absolute Gasteiger partial charge is 0.126 e. The molecule has 1 atom stereocenters. The van der Waals surface area contributed by atoms with E-state index in [2.05, 4.69) is 49.1 Å². The van der Waals surface area contributed by atoms with Crippen LogP contribution >= 0.6 is 7.92 Å². The summed E-state index contributed by atoms with van der Waals surface area (Å²) in [5.41, 5.74) is 0. The summed E-state index contributed by atoms with van der Waals surface area (Å²) in [5.74, 6) is 0.986. The van der Waals surface area contributed by atoms with E-state index in [0.29, 0.717) is 0 Å². The molecular weight excluding hydrogens is 215 g/mol. The molecule has 2 rings (SSSR count). The molecule has 2 heteroatoms. The fraction of sp³-hybridized carbons (Fsp3) is 0.143. The maximum Gasteiger partial charge on any atom is 0.126 e. The molecule has 2 aromatic rings. The van der Waals surface area contributed by atoms with Gasteiger partial charge in [-0.2, -0.15) is 0 Å². The van der Waals surface area contributed by atoms with E-state index in [9.17, 15) is 0 Å². The highest BCUT2D eigenvalue weighted by molar-refractivity contribution is 7.72. The second-order valence-corrected chi connectivity index (χ2v) is 5.68. The lowest BCUT2D eigenvalue weighted by Gasteiger charge is -2.16. The summed E-state index contributed by atoms with van der Waals surface area (Å²) in [5, 5.41) is 2.67. The van der Waals surface area contributed by atoms with Crippen LogP contribution in [0.2, 0.25) is 0 Å². The van der Waals surface area contributed by atoms with E-state index < -0.39 is 0 Å². The first kappa shape index (κ1) is 11.2. The number of ether oxygens (including phenoxy) is 1. The fourth-order valence-corrected chi connectivity index (χ4v) is 3.40. The largest absolute Gasteiger partial charge is 0.496 e. The Hall–Kier alpha value is -1.33. The Morgan fingerprint density at radius 3 is 2.19 bits per heavy atom. The van der Waals surface area contributed by atoms with Crippen molar-refractivity contribution in [3.05, 3.63) is 54.6 Å². The lowest BCUT2D eigenvalue weighted by atomic mass is 10.3. The van der Waals surface area contributed by atoms with Crippen LogP contribution in [0.3, 0.4) is 0 Å². The van der Waals surface area contributed by atoms with E-state index >= 15 is 0 Å². The first-order valence-corrected chi connectivity index (χ1v) is 7.03. The molecule has 0 spiro atoms. The summed E-state index contributed by atoms with van der Waals surface area (Å²) in [6, 6.07) is 18.8. The van der Waals surface area contributed by atoms with Gasteiger partial charge >= 0.3 is 0 Å². The average molecular weight is 230 g/mol. The Kier molecular flexibility index (Phi) is 3.58. The van der Waals surface area contributed by atoms with Gasteiger partial charge in [0.05, 0.1) is 7.11 Å². The van der Waals surface area contributed by atoms with Crippen LogP contribution in [0.1, 0.15) is 0 Å². The highest BCUT2D eigenvalue weighted by Crippen LogP contribution is 2.32. The molecule has 0 unspecified atom stereocenters. The van der Waals surface area contributed by atoms with Gasteiger partial charge in [0.25, 0.3) is 0 Å². The van der Waals surface area contributed by atoms with E-state index in [1.165, 1.54) is 10.6 Å². The van der Waals surface area contributed by atoms with Crippen molar-refractivity contribution in [3.8, 4) is 5.75 Å². The molecular formula is C14H15OP. The average Bonchev–Trinajstić information content (AvgIpc) is 2.39. The Labute approximate surface area is 97.8 Å². The molecule has 0 amide bonds. The van der Waals surface area contributed by atoms with Crippen LogP contribution in [0.5, 0.6) is 5.75 Å². The van der Waals surface area contributed by atoms with Crippen molar-refractivity contribution in [1.29, 1.82) is 0 Å². The second kappa shape index (κ2) is 5.14. The van der Waals surface area contributed by atoms with Crippen molar-refractivity contribution >= 4 is 18.5 Å². The molecule has 0 N–H and O–H groups in total. The van der Waals surface area contributed by atoms with Gasteiger partial charge in [-0.3, -0.25) is 0 Å². The predicted molar refractivity (Wildman–Crippen MR) is 71.5 cm³/mol. The normalized spacial score (nSPS) is 12.1. The maximum atomic E-state index is 5.40. The van der Waals surface area contributed by atoms with E-state index in [1.54, 1.807) is 7.11 Å². The molecule has 0 bridgehead atoms. The van der Waals surface area contributed by atoms with Crippen LogP contribution in [-0.4, -0.2) is 13.8 Å². The molecule has 0 aromatic heterocycles. The molecule has 0 saturated carbocycles. The van der Waals surface area contributed by atoms with E-state index in [4.69, 9.17) is 4.74 Å². The number of para-hydroxylation sites is 1. The molecule has 82 valence electrons. The Morgan fingerprint density at radius 1 is 0.875 bits per heavy atom. The Morgan fingerprint density at radius 2 is 1.50 bits per heavy atom. The van der Waals surface area contributed by atoms with Crippen molar-refractivity contribution in [2.75, 3.05) is 13.8 Å². The second-order valence-electron chi connectivity index (χ2n) is 3.57. The van der Waals surface area contributed by atoms with E-state index in [0.717, 1.165) is 5.75 Å². The summed E-state index contributed by atoms with van der Waals surface area (Å²) >= 11 is 0. The van der Waals surface area contributed by atoms with Gasteiger partial charge in [-0.25, -0.2) is 0 Å². The molecule has 1 nitrogen and oxygen atoms in total. The molecule has 0 aliphatic heterocycles. The molecule has 0 aliphatic rings. The van der Waals surface area contributed by atoms with Gasteiger partial charge < -0.3 is 4.74 Å². The predicted octanol–water partition coefficient (Wildman–Crippen LogP) is 2.76. The van der Waals surface area contributed by atoms with E-state index in [-0.39, 0.29) is 7.92 Å². The van der Waals surface area contributed by atoms with Crippen LogP contribution in [0.25, 0.3) is 0 Å². The zero-order chi connectivity index (χ0) is 11.4.